The average molecular weight is 205 g/mol. The summed E-state index contributed by atoms with van der Waals surface area (Å²) < 4.78 is 0. The van der Waals surface area contributed by atoms with Crippen LogP contribution in [0.2, 0.25) is 0 Å². The molecule has 1 fully saturated rings. The minimum Gasteiger partial charge on any atom is -0.307 e. The van der Waals surface area contributed by atoms with Crippen molar-refractivity contribution in [3.63, 3.8) is 0 Å². The van der Waals surface area contributed by atoms with Gasteiger partial charge in [-0.25, -0.2) is 0 Å². The van der Waals surface area contributed by atoms with Crippen LogP contribution in [0.5, 0.6) is 0 Å². The molecule has 15 heavy (non-hydrogen) atoms. The molecule has 1 aliphatic rings. The number of likely N-dealkylation sites (tertiary alicyclic amines) is 1. The van der Waals surface area contributed by atoms with Crippen LogP contribution in [0.15, 0.2) is 18.3 Å². The monoisotopic (exact) mass is 205 g/mol. The first kappa shape index (κ1) is 10.6. The van der Waals surface area contributed by atoms with Gasteiger partial charge in [0.1, 0.15) is 0 Å². The number of nitrogens with one attached hydrogen (secondary N) is 1. The van der Waals surface area contributed by atoms with Crippen molar-refractivity contribution in [1.29, 1.82) is 0 Å². The second-order valence-corrected chi connectivity index (χ2v) is 4.46. The molecule has 1 atom stereocenters. The lowest BCUT2D eigenvalue weighted by Crippen LogP contribution is -2.31. The van der Waals surface area contributed by atoms with E-state index in [1.807, 2.05) is 6.20 Å². The van der Waals surface area contributed by atoms with Crippen LogP contribution < -0.4 is 5.32 Å². The fourth-order valence-electron chi connectivity index (χ4n) is 1.95. The molecule has 3 nitrogen and oxygen atoms in total. The van der Waals surface area contributed by atoms with Gasteiger partial charge in [0.15, 0.2) is 0 Å². The molecule has 0 saturated carbocycles. The Morgan fingerprint density at radius 2 is 2.40 bits per heavy atom. The Bertz CT molecular complexity index is 307. The molecule has 1 N–H and O–H groups in total. The highest BCUT2D eigenvalue weighted by Crippen LogP contribution is 2.07. The maximum Gasteiger partial charge on any atom is 0.0541 e. The molecule has 0 radical (unpaired) electrons. The molecular formula is C12H19N3. The lowest BCUT2D eigenvalue weighted by Gasteiger charge is -2.12. The molecule has 82 valence electrons. The second kappa shape index (κ2) is 4.73. The molecule has 0 bridgehead atoms. The molecule has 1 aromatic heterocycles. The highest BCUT2D eigenvalue weighted by Gasteiger charge is 2.18. The fourth-order valence-corrected chi connectivity index (χ4v) is 1.95. The van der Waals surface area contributed by atoms with E-state index in [9.17, 15) is 0 Å². The van der Waals surface area contributed by atoms with E-state index in [2.05, 4.69) is 41.3 Å². The van der Waals surface area contributed by atoms with Gasteiger partial charge in [-0.3, -0.25) is 4.98 Å². The van der Waals surface area contributed by atoms with E-state index < -0.39 is 0 Å². The van der Waals surface area contributed by atoms with E-state index in [1.165, 1.54) is 18.5 Å². The predicted molar refractivity (Wildman–Crippen MR) is 61.7 cm³/mol. The van der Waals surface area contributed by atoms with E-state index in [0.717, 1.165) is 18.8 Å². The van der Waals surface area contributed by atoms with Crippen LogP contribution in [-0.4, -0.2) is 36.1 Å². The van der Waals surface area contributed by atoms with Gasteiger partial charge < -0.3 is 10.2 Å². The molecule has 0 amide bonds. The molecular weight excluding hydrogens is 186 g/mol. The van der Waals surface area contributed by atoms with Gasteiger partial charge in [0.05, 0.1) is 5.69 Å². The van der Waals surface area contributed by atoms with Gasteiger partial charge in [-0.05, 0) is 38.6 Å². The molecule has 1 saturated heterocycles. The van der Waals surface area contributed by atoms with Crippen molar-refractivity contribution in [2.75, 3.05) is 20.1 Å². The zero-order chi connectivity index (χ0) is 10.7. The van der Waals surface area contributed by atoms with Crippen LogP contribution in [-0.2, 0) is 6.54 Å². The number of nitrogens with zero attached hydrogens (tertiary/aromatic N) is 2. The van der Waals surface area contributed by atoms with Gasteiger partial charge in [-0.1, -0.05) is 6.07 Å². The predicted octanol–water partition coefficient (Wildman–Crippen LogP) is 1.18. The largest absolute Gasteiger partial charge is 0.307 e. The fraction of sp³-hybridized carbons (Fsp3) is 0.583. The van der Waals surface area contributed by atoms with Gasteiger partial charge in [-0.15, -0.1) is 0 Å². The molecule has 1 aliphatic heterocycles. The summed E-state index contributed by atoms with van der Waals surface area (Å²) in [6, 6.07) is 4.85. The van der Waals surface area contributed by atoms with E-state index in [-0.39, 0.29) is 0 Å². The zero-order valence-corrected chi connectivity index (χ0v) is 9.53. The van der Waals surface area contributed by atoms with Gasteiger partial charge in [0.2, 0.25) is 0 Å². The van der Waals surface area contributed by atoms with Crippen LogP contribution >= 0.6 is 0 Å². The van der Waals surface area contributed by atoms with E-state index >= 15 is 0 Å². The lowest BCUT2D eigenvalue weighted by atomic mass is 10.2. The summed E-state index contributed by atoms with van der Waals surface area (Å²) in [5, 5.41) is 3.54. The van der Waals surface area contributed by atoms with Crippen molar-refractivity contribution >= 4 is 0 Å². The van der Waals surface area contributed by atoms with Gasteiger partial charge >= 0.3 is 0 Å². The first-order valence-electron chi connectivity index (χ1n) is 5.57. The molecule has 0 spiro atoms. The number of hydrogen-bond acceptors (Lipinski definition) is 3. The summed E-state index contributed by atoms with van der Waals surface area (Å²) in [7, 11) is 2.17. The minimum absolute atomic E-state index is 0.637. The van der Waals surface area contributed by atoms with Crippen LogP contribution in [0.1, 0.15) is 17.7 Å². The van der Waals surface area contributed by atoms with Crippen molar-refractivity contribution in [2.24, 2.45) is 0 Å². The van der Waals surface area contributed by atoms with Crippen molar-refractivity contribution in [3.05, 3.63) is 29.6 Å². The third kappa shape index (κ3) is 3.01. The van der Waals surface area contributed by atoms with Crippen LogP contribution in [0.4, 0.5) is 0 Å². The number of likely N-dealkylation sites (N-methyl/N-ethyl adjacent to an activating group) is 1. The molecule has 2 rings (SSSR count). The molecule has 1 aromatic rings. The van der Waals surface area contributed by atoms with Crippen LogP contribution in [0, 0.1) is 6.92 Å². The highest BCUT2D eigenvalue weighted by atomic mass is 15.2. The minimum atomic E-state index is 0.637. The van der Waals surface area contributed by atoms with Gasteiger partial charge in [0, 0.05) is 25.3 Å². The second-order valence-electron chi connectivity index (χ2n) is 4.46. The maximum atomic E-state index is 4.38. The van der Waals surface area contributed by atoms with Crippen molar-refractivity contribution < 1.29 is 0 Å². The normalized spacial score (nSPS) is 22.1. The summed E-state index contributed by atoms with van der Waals surface area (Å²) in [4.78, 5) is 6.74. The Balaban J connectivity index is 1.80. The average Bonchev–Trinajstić information content (AvgIpc) is 2.64. The zero-order valence-electron chi connectivity index (χ0n) is 9.53. The topological polar surface area (TPSA) is 28.2 Å². The Morgan fingerprint density at radius 1 is 1.53 bits per heavy atom. The summed E-state index contributed by atoms with van der Waals surface area (Å²) in [5.41, 5.74) is 2.36. The summed E-state index contributed by atoms with van der Waals surface area (Å²) >= 11 is 0. The number of hydrogen-bond donors (Lipinski definition) is 1. The molecule has 0 aliphatic carbocycles. The molecule has 1 unspecified atom stereocenters. The number of aryl methyl sites for hydroxylation is 1. The summed E-state index contributed by atoms with van der Waals surface area (Å²) in [6.07, 6.45) is 3.18. The Morgan fingerprint density at radius 3 is 3.00 bits per heavy atom. The number of pyridine rings is 1. The highest BCUT2D eigenvalue weighted by molar-refractivity contribution is 5.12. The SMILES string of the molecule is Cc1ccc(CNC2CCN(C)C2)nc1. The van der Waals surface area contributed by atoms with E-state index in [0.29, 0.717) is 6.04 Å². The first-order chi connectivity index (χ1) is 7.24. The number of rotatable bonds is 3. The Kier molecular flexibility index (Phi) is 3.34. The molecule has 2 heterocycles. The number of aromatic nitrogens is 1. The van der Waals surface area contributed by atoms with Crippen molar-refractivity contribution in [1.82, 2.24) is 15.2 Å². The maximum absolute atomic E-state index is 4.38. The van der Waals surface area contributed by atoms with Gasteiger partial charge in [-0.2, -0.15) is 0 Å². The van der Waals surface area contributed by atoms with Crippen molar-refractivity contribution in [2.45, 2.75) is 25.9 Å². The Labute approximate surface area is 91.5 Å². The quantitative estimate of drug-likeness (QED) is 0.803. The Hall–Kier alpha value is -0.930. The summed E-state index contributed by atoms with van der Waals surface area (Å²) in [6.45, 7) is 5.32. The third-order valence-electron chi connectivity index (χ3n) is 2.94. The van der Waals surface area contributed by atoms with Crippen LogP contribution in [0.25, 0.3) is 0 Å². The summed E-state index contributed by atoms with van der Waals surface area (Å²) in [5.74, 6) is 0. The first-order valence-corrected chi connectivity index (χ1v) is 5.57. The third-order valence-corrected chi connectivity index (χ3v) is 2.94. The smallest absolute Gasteiger partial charge is 0.0541 e. The van der Waals surface area contributed by atoms with Crippen molar-refractivity contribution in [3.8, 4) is 0 Å². The van der Waals surface area contributed by atoms with Gasteiger partial charge in [0.25, 0.3) is 0 Å². The molecule has 0 aromatic carbocycles. The van der Waals surface area contributed by atoms with E-state index in [4.69, 9.17) is 0 Å². The van der Waals surface area contributed by atoms with Crippen LogP contribution in [0.3, 0.4) is 0 Å². The van der Waals surface area contributed by atoms with E-state index in [1.54, 1.807) is 0 Å². The lowest BCUT2D eigenvalue weighted by molar-refractivity contribution is 0.397. The molecule has 3 heteroatoms. The standard InChI is InChI=1S/C12H19N3/c1-10-3-4-11(13-7-10)8-14-12-5-6-15(2)9-12/h3-4,7,12,14H,5-6,8-9H2,1-2H3.